The van der Waals surface area contributed by atoms with Crippen molar-refractivity contribution in [3.05, 3.63) is 101 Å². The summed E-state index contributed by atoms with van der Waals surface area (Å²) >= 11 is 0. The largest absolute Gasteiger partial charge is 0.355 e. The Morgan fingerprint density at radius 1 is 0.923 bits per heavy atom. The molecule has 0 aliphatic rings. The molecule has 10 heteroatoms. The maximum Gasteiger partial charge on any atom is 0.304 e. The number of rotatable bonds is 12. The Labute approximate surface area is 230 Å². The summed E-state index contributed by atoms with van der Waals surface area (Å²) in [7, 11) is -1.42. The van der Waals surface area contributed by atoms with E-state index in [0.29, 0.717) is 6.54 Å². The second-order valence-electron chi connectivity index (χ2n) is 9.32. The van der Waals surface area contributed by atoms with Gasteiger partial charge in [0.1, 0.15) is 18.4 Å². The first-order valence-electron chi connectivity index (χ1n) is 12.7. The van der Waals surface area contributed by atoms with Crippen LogP contribution in [0, 0.1) is 12.7 Å². The van der Waals surface area contributed by atoms with Crippen molar-refractivity contribution in [3.8, 4) is 0 Å². The summed E-state index contributed by atoms with van der Waals surface area (Å²) in [4.78, 5) is 28.9. The molecule has 1 N–H and O–H groups in total. The van der Waals surface area contributed by atoms with E-state index in [1.54, 1.807) is 6.92 Å². The predicted octanol–water partition coefficient (Wildman–Crippen LogP) is 3.52. The zero-order valence-corrected chi connectivity index (χ0v) is 23.5. The van der Waals surface area contributed by atoms with Gasteiger partial charge in [-0.25, -0.2) is 8.70 Å². The van der Waals surface area contributed by atoms with E-state index in [9.17, 15) is 22.4 Å². The molecule has 0 unspecified atom stereocenters. The quantitative estimate of drug-likeness (QED) is 0.371. The Hall–Kier alpha value is -3.76. The number of carbonyl (C=O) groups is 2. The number of hydrogen-bond donors (Lipinski definition) is 1. The highest BCUT2D eigenvalue weighted by Crippen LogP contribution is 2.22. The lowest BCUT2D eigenvalue weighted by Crippen LogP contribution is -2.54. The maximum absolute atomic E-state index is 14.1. The zero-order valence-electron chi connectivity index (χ0n) is 22.7. The van der Waals surface area contributed by atoms with Crippen LogP contribution in [0.3, 0.4) is 0 Å². The van der Waals surface area contributed by atoms with Crippen molar-refractivity contribution in [3.63, 3.8) is 0 Å². The van der Waals surface area contributed by atoms with Crippen molar-refractivity contribution in [2.45, 2.75) is 32.9 Å². The molecule has 3 rings (SSSR count). The monoisotopic (exact) mass is 554 g/mol. The molecule has 0 saturated heterocycles. The average molecular weight is 555 g/mol. The third-order valence-corrected chi connectivity index (χ3v) is 8.18. The second kappa shape index (κ2) is 13.3. The molecule has 3 aromatic rings. The van der Waals surface area contributed by atoms with Gasteiger partial charge >= 0.3 is 10.2 Å². The summed E-state index contributed by atoms with van der Waals surface area (Å²) in [5.41, 5.74) is 2.75. The van der Waals surface area contributed by atoms with Crippen LogP contribution in [-0.4, -0.2) is 62.7 Å². The highest BCUT2D eigenvalue weighted by atomic mass is 32.2. The Balaban J connectivity index is 2.08. The van der Waals surface area contributed by atoms with E-state index in [1.165, 1.54) is 31.1 Å². The van der Waals surface area contributed by atoms with Gasteiger partial charge in [-0.05, 0) is 54.8 Å². The number of carbonyl (C=O) groups excluding carboxylic acids is 2. The summed E-state index contributed by atoms with van der Waals surface area (Å²) in [5, 5.41) is 2.83. The summed E-state index contributed by atoms with van der Waals surface area (Å²) in [6.45, 7) is 3.60. The standard InChI is InChI=1S/C29H35FN4O4S/c1-5-31-29(36)27(19-23-12-7-6-8-13-23)33(20-24-14-10-9-11-22(24)2)28(35)21-34(39(37,38)32(3)4)26-17-15-25(30)16-18-26/h6-18,27H,5,19-21H2,1-4H3,(H,31,36)/t27-/m1/s1. The Kier molecular flexibility index (Phi) is 10.2. The fraction of sp³-hybridized carbons (Fsp3) is 0.310. The molecule has 0 fully saturated rings. The van der Waals surface area contributed by atoms with Gasteiger partial charge in [-0.2, -0.15) is 12.7 Å². The van der Waals surface area contributed by atoms with Crippen LogP contribution in [0.1, 0.15) is 23.6 Å². The predicted molar refractivity (Wildman–Crippen MR) is 151 cm³/mol. The van der Waals surface area contributed by atoms with Crippen LogP contribution >= 0.6 is 0 Å². The van der Waals surface area contributed by atoms with Crippen LogP contribution < -0.4 is 9.62 Å². The number of amides is 2. The van der Waals surface area contributed by atoms with Gasteiger partial charge in [-0.3, -0.25) is 9.59 Å². The van der Waals surface area contributed by atoms with Crippen molar-refractivity contribution in [1.29, 1.82) is 0 Å². The van der Waals surface area contributed by atoms with Crippen LogP contribution in [0.15, 0.2) is 78.9 Å². The number of nitrogens with zero attached hydrogens (tertiary/aromatic N) is 3. The first-order chi connectivity index (χ1) is 18.5. The van der Waals surface area contributed by atoms with E-state index in [2.05, 4.69) is 5.32 Å². The molecular formula is C29H35FN4O4S. The van der Waals surface area contributed by atoms with E-state index in [1.807, 2.05) is 61.5 Å². The van der Waals surface area contributed by atoms with Crippen LogP contribution in [0.5, 0.6) is 0 Å². The Morgan fingerprint density at radius 3 is 2.13 bits per heavy atom. The van der Waals surface area contributed by atoms with Gasteiger partial charge in [0.15, 0.2) is 0 Å². The minimum atomic E-state index is -4.13. The van der Waals surface area contributed by atoms with Gasteiger partial charge in [0.2, 0.25) is 11.8 Å². The van der Waals surface area contributed by atoms with E-state index >= 15 is 0 Å². The first-order valence-corrected chi connectivity index (χ1v) is 14.1. The molecular weight excluding hydrogens is 519 g/mol. The van der Waals surface area contributed by atoms with Crippen LogP contribution in [0.25, 0.3) is 0 Å². The number of anilines is 1. The lowest BCUT2D eigenvalue weighted by atomic mass is 10.0. The van der Waals surface area contributed by atoms with Gasteiger partial charge in [0, 0.05) is 33.6 Å². The normalized spacial score (nSPS) is 12.2. The van der Waals surface area contributed by atoms with Crippen LogP contribution in [0.4, 0.5) is 10.1 Å². The molecule has 1 atom stereocenters. The van der Waals surface area contributed by atoms with E-state index < -0.39 is 34.5 Å². The maximum atomic E-state index is 14.1. The highest BCUT2D eigenvalue weighted by Gasteiger charge is 2.34. The minimum absolute atomic E-state index is 0.0966. The molecule has 0 bridgehead atoms. The molecule has 0 heterocycles. The van der Waals surface area contributed by atoms with Crippen molar-refractivity contribution in [2.24, 2.45) is 0 Å². The highest BCUT2D eigenvalue weighted by molar-refractivity contribution is 7.90. The number of likely N-dealkylation sites (N-methyl/N-ethyl adjacent to an activating group) is 1. The number of hydrogen-bond acceptors (Lipinski definition) is 4. The fourth-order valence-corrected chi connectivity index (χ4v) is 5.20. The van der Waals surface area contributed by atoms with Crippen molar-refractivity contribution in [1.82, 2.24) is 14.5 Å². The summed E-state index contributed by atoms with van der Waals surface area (Å²) in [6, 6.07) is 20.8. The number of halogens is 1. The van der Waals surface area contributed by atoms with Crippen molar-refractivity contribution < 1.29 is 22.4 Å². The lowest BCUT2D eigenvalue weighted by Gasteiger charge is -2.34. The lowest BCUT2D eigenvalue weighted by molar-refractivity contribution is -0.140. The smallest absolute Gasteiger partial charge is 0.304 e. The molecule has 208 valence electrons. The molecule has 39 heavy (non-hydrogen) atoms. The summed E-state index contributed by atoms with van der Waals surface area (Å²) in [5.74, 6) is -1.44. The molecule has 0 aliphatic carbocycles. The van der Waals surface area contributed by atoms with Crippen LogP contribution in [-0.2, 0) is 32.8 Å². The molecule has 8 nitrogen and oxygen atoms in total. The first kappa shape index (κ1) is 29.8. The van der Waals surface area contributed by atoms with Gasteiger partial charge in [-0.1, -0.05) is 54.6 Å². The number of benzene rings is 3. The van der Waals surface area contributed by atoms with Gasteiger partial charge in [0.25, 0.3) is 0 Å². The van der Waals surface area contributed by atoms with Gasteiger partial charge in [-0.15, -0.1) is 0 Å². The number of aryl methyl sites for hydroxylation is 1. The van der Waals surface area contributed by atoms with Gasteiger partial charge < -0.3 is 10.2 Å². The second-order valence-corrected chi connectivity index (χ2v) is 11.4. The molecule has 2 amide bonds. The Morgan fingerprint density at radius 2 is 1.54 bits per heavy atom. The van der Waals surface area contributed by atoms with E-state index in [0.717, 1.165) is 37.4 Å². The molecule has 0 saturated carbocycles. The molecule has 0 spiro atoms. The Bertz CT molecular complexity index is 1370. The summed E-state index contributed by atoms with van der Waals surface area (Å²) < 4.78 is 42.1. The van der Waals surface area contributed by atoms with Crippen molar-refractivity contribution >= 4 is 27.7 Å². The number of nitrogens with one attached hydrogen (secondary N) is 1. The van der Waals surface area contributed by atoms with E-state index in [4.69, 9.17) is 0 Å². The van der Waals surface area contributed by atoms with Crippen molar-refractivity contribution in [2.75, 3.05) is 31.5 Å². The minimum Gasteiger partial charge on any atom is -0.355 e. The van der Waals surface area contributed by atoms with Gasteiger partial charge in [0.05, 0.1) is 5.69 Å². The fourth-order valence-electron chi connectivity index (χ4n) is 4.14. The molecule has 0 radical (unpaired) electrons. The van der Waals surface area contributed by atoms with E-state index in [-0.39, 0.29) is 24.6 Å². The third-order valence-electron chi connectivity index (χ3n) is 6.36. The average Bonchev–Trinajstić information content (AvgIpc) is 2.91. The third kappa shape index (κ3) is 7.64. The molecule has 0 aliphatic heterocycles. The molecule has 3 aromatic carbocycles. The topological polar surface area (TPSA) is 90.0 Å². The zero-order chi connectivity index (χ0) is 28.6. The summed E-state index contributed by atoms with van der Waals surface area (Å²) in [6.07, 6.45) is 0.237. The molecule has 0 aromatic heterocycles. The van der Waals surface area contributed by atoms with Crippen LogP contribution in [0.2, 0.25) is 0 Å². The SMILES string of the molecule is CCNC(=O)[C@@H](Cc1ccccc1)N(Cc1ccccc1C)C(=O)CN(c1ccc(F)cc1)S(=O)(=O)N(C)C.